The quantitative estimate of drug-likeness (QED) is 0.812. The SMILES string of the molecule is CN(c1ncc(Cl)cn1)C1CCN(Cc2csc(C3CC3)n2)CC1. The van der Waals surface area contributed by atoms with E-state index in [0.29, 0.717) is 11.1 Å². The molecule has 7 heteroatoms. The van der Waals surface area contributed by atoms with Crippen LogP contribution in [0.2, 0.25) is 5.02 Å². The Balaban J connectivity index is 1.30. The smallest absolute Gasteiger partial charge is 0.225 e. The third kappa shape index (κ3) is 3.71. The van der Waals surface area contributed by atoms with Gasteiger partial charge in [-0.05, 0) is 25.7 Å². The Morgan fingerprint density at radius 1 is 1.21 bits per heavy atom. The predicted octanol–water partition coefficient (Wildman–Crippen LogP) is 3.56. The summed E-state index contributed by atoms with van der Waals surface area (Å²) in [6.45, 7) is 3.18. The van der Waals surface area contributed by atoms with E-state index in [1.807, 2.05) is 11.3 Å². The first kappa shape index (κ1) is 16.2. The van der Waals surface area contributed by atoms with Crippen molar-refractivity contribution in [3.05, 3.63) is 33.5 Å². The number of hydrogen-bond donors (Lipinski definition) is 0. The molecule has 0 spiro atoms. The van der Waals surface area contributed by atoms with E-state index in [1.54, 1.807) is 12.4 Å². The van der Waals surface area contributed by atoms with Gasteiger partial charge in [0.1, 0.15) is 0 Å². The second-order valence-corrected chi connectivity index (χ2v) is 8.10. The maximum Gasteiger partial charge on any atom is 0.225 e. The summed E-state index contributed by atoms with van der Waals surface area (Å²) in [5.41, 5.74) is 1.25. The molecular formula is C17H22ClN5S. The number of rotatable bonds is 5. The zero-order chi connectivity index (χ0) is 16.5. The van der Waals surface area contributed by atoms with Gasteiger partial charge in [0.15, 0.2) is 0 Å². The van der Waals surface area contributed by atoms with Crippen LogP contribution in [0.5, 0.6) is 0 Å². The second kappa shape index (κ2) is 6.94. The highest BCUT2D eigenvalue weighted by Crippen LogP contribution is 2.41. The summed E-state index contributed by atoms with van der Waals surface area (Å²) in [5, 5.41) is 4.17. The molecule has 2 aromatic rings. The molecule has 5 nitrogen and oxygen atoms in total. The van der Waals surface area contributed by atoms with E-state index in [2.05, 4.69) is 32.2 Å². The zero-order valence-electron chi connectivity index (χ0n) is 13.9. The Morgan fingerprint density at radius 3 is 2.58 bits per heavy atom. The lowest BCUT2D eigenvalue weighted by molar-refractivity contribution is 0.201. The van der Waals surface area contributed by atoms with Crippen LogP contribution in [0, 0.1) is 0 Å². The molecule has 3 heterocycles. The molecular weight excluding hydrogens is 342 g/mol. The zero-order valence-corrected chi connectivity index (χ0v) is 15.4. The Labute approximate surface area is 151 Å². The minimum Gasteiger partial charge on any atom is -0.341 e. The van der Waals surface area contributed by atoms with Crippen LogP contribution in [0.3, 0.4) is 0 Å². The van der Waals surface area contributed by atoms with Crippen molar-refractivity contribution in [2.24, 2.45) is 0 Å². The fraction of sp³-hybridized carbons (Fsp3) is 0.588. The Bertz CT molecular complexity index is 677. The van der Waals surface area contributed by atoms with Gasteiger partial charge in [0.2, 0.25) is 5.95 Å². The second-order valence-electron chi connectivity index (χ2n) is 6.77. The number of piperidine rings is 1. The van der Waals surface area contributed by atoms with Crippen LogP contribution in [-0.4, -0.2) is 46.0 Å². The number of anilines is 1. The van der Waals surface area contributed by atoms with E-state index in [-0.39, 0.29) is 0 Å². The van der Waals surface area contributed by atoms with E-state index in [9.17, 15) is 0 Å². The minimum absolute atomic E-state index is 0.486. The van der Waals surface area contributed by atoms with Crippen LogP contribution < -0.4 is 4.90 Å². The average Bonchev–Trinajstić information content (AvgIpc) is 3.36. The third-order valence-electron chi connectivity index (χ3n) is 4.91. The summed E-state index contributed by atoms with van der Waals surface area (Å²) < 4.78 is 0. The maximum atomic E-state index is 5.87. The van der Waals surface area contributed by atoms with E-state index in [0.717, 1.165) is 44.3 Å². The molecule has 0 aromatic carbocycles. The van der Waals surface area contributed by atoms with Crippen molar-refractivity contribution in [3.63, 3.8) is 0 Å². The molecule has 0 radical (unpaired) electrons. The molecule has 1 saturated carbocycles. The number of likely N-dealkylation sites (tertiary alicyclic amines) is 1. The van der Waals surface area contributed by atoms with Crippen LogP contribution >= 0.6 is 22.9 Å². The van der Waals surface area contributed by atoms with Crippen molar-refractivity contribution in [2.45, 2.75) is 44.2 Å². The highest BCUT2D eigenvalue weighted by Gasteiger charge is 2.28. The van der Waals surface area contributed by atoms with Crippen LogP contribution in [0.4, 0.5) is 5.95 Å². The Hall–Kier alpha value is -1.24. The predicted molar refractivity (Wildman–Crippen MR) is 97.8 cm³/mol. The van der Waals surface area contributed by atoms with Gasteiger partial charge in [-0.2, -0.15) is 0 Å². The number of aromatic nitrogens is 3. The van der Waals surface area contributed by atoms with Crippen molar-refractivity contribution < 1.29 is 0 Å². The highest BCUT2D eigenvalue weighted by molar-refractivity contribution is 7.09. The normalized spacial score (nSPS) is 19.6. The molecule has 0 unspecified atom stereocenters. The number of thiazole rings is 1. The van der Waals surface area contributed by atoms with Crippen molar-refractivity contribution in [1.82, 2.24) is 19.9 Å². The van der Waals surface area contributed by atoms with Crippen molar-refractivity contribution in [3.8, 4) is 0 Å². The summed E-state index contributed by atoms with van der Waals surface area (Å²) in [6, 6.07) is 0.486. The van der Waals surface area contributed by atoms with Crippen LogP contribution in [0.1, 0.15) is 42.3 Å². The molecule has 128 valence electrons. The van der Waals surface area contributed by atoms with Gasteiger partial charge < -0.3 is 4.90 Å². The Kier molecular flexibility index (Phi) is 4.70. The maximum absolute atomic E-state index is 5.87. The largest absolute Gasteiger partial charge is 0.341 e. The molecule has 1 aliphatic carbocycles. The molecule has 0 atom stereocenters. The van der Waals surface area contributed by atoms with Gasteiger partial charge in [-0.25, -0.2) is 15.0 Å². The number of halogens is 1. The van der Waals surface area contributed by atoms with Crippen molar-refractivity contribution >= 4 is 28.9 Å². The fourth-order valence-corrected chi connectivity index (χ4v) is 4.34. The van der Waals surface area contributed by atoms with E-state index < -0.39 is 0 Å². The van der Waals surface area contributed by atoms with Crippen molar-refractivity contribution in [1.29, 1.82) is 0 Å². The molecule has 0 N–H and O–H groups in total. The molecule has 4 rings (SSSR count). The molecule has 2 aromatic heterocycles. The van der Waals surface area contributed by atoms with Crippen molar-refractivity contribution in [2.75, 3.05) is 25.0 Å². The van der Waals surface area contributed by atoms with Crippen LogP contribution in [0.25, 0.3) is 0 Å². The van der Waals surface area contributed by atoms with Gasteiger partial charge >= 0.3 is 0 Å². The van der Waals surface area contributed by atoms with Gasteiger partial charge in [-0.1, -0.05) is 11.6 Å². The van der Waals surface area contributed by atoms with Gasteiger partial charge in [0, 0.05) is 44.0 Å². The van der Waals surface area contributed by atoms with Gasteiger partial charge in [-0.15, -0.1) is 11.3 Å². The van der Waals surface area contributed by atoms with E-state index in [1.165, 1.54) is 23.5 Å². The molecule has 0 amide bonds. The van der Waals surface area contributed by atoms with Crippen LogP contribution in [0.15, 0.2) is 17.8 Å². The molecule has 1 saturated heterocycles. The minimum atomic E-state index is 0.486. The average molecular weight is 364 g/mol. The van der Waals surface area contributed by atoms with Gasteiger partial charge in [0.25, 0.3) is 0 Å². The lowest BCUT2D eigenvalue weighted by Gasteiger charge is -2.36. The number of nitrogens with zero attached hydrogens (tertiary/aromatic N) is 5. The van der Waals surface area contributed by atoms with E-state index >= 15 is 0 Å². The highest BCUT2D eigenvalue weighted by atomic mass is 35.5. The Morgan fingerprint density at radius 2 is 1.92 bits per heavy atom. The lowest BCUT2D eigenvalue weighted by Crippen LogP contribution is -2.43. The molecule has 0 bridgehead atoms. The summed E-state index contributed by atoms with van der Waals surface area (Å²) in [7, 11) is 2.08. The molecule has 24 heavy (non-hydrogen) atoms. The summed E-state index contributed by atoms with van der Waals surface area (Å²) in [4.78, 5) is 18.2. The number of hydrogen-bond acceptors (Lipinski definition) is 6. The third-order valence-corrected chi connectivity index (χ3v) is 6.16. The van der Waals surface area contributed by atoms with Gasteiger partial charge in [0.05, 0.1) is 28.1 Å². The summed E-state index contributed by atoms with van der Waals surface area (Å²) in [5.74, 6) is 1.52. The fourth-order valence-electron chi connectivity index (χ4n) is 3.26. The lowest BCUT2D eigenvalue weighted by atomic mass is 10.0. The van der Waals surface area contributed by atoms with E-state index in [4.69, 9.17) is 16.6 Å². The monoisotopic (exact) mass is 363 g/mol. The molecule has 2 fully saturated rings. The molecule has 1 aliphatic heterocycles. The molecule has 2 aliphatic rings. The van der Waals surface area contributed by atoms with Gasteiger partial charge in [-0.3, -0.25) is 4.90 Å². The first-order chi connectivity index (χ1) is 11.7. The first-order valence-corrected chi connectivity index (χ1v) is 9.82. The topological polar surface area (TPSA) is 45.2 Å². The summed E-state index contributed by atoms with van der Waals surface area (Å²) >= 11 is 7.71. The standard InChI is InChI=1S/C17H22ClN5S/c1-22(17-19-8-13(18)9-20-17)15-4-6-23(7-5-15)10-14-11-24-16(21-14)12-2-3-12/h8-9,11-12,15H,2-7,10H2,1H3. The van der Waals surface area contributed by atoms with Crippen LogP contribution in [-0.2, 0) is 6.54 Å². The first-order valence-electron chi connectivity index (χ1n) is 8.56. The summed E-state index contributed by atoms with van der Waals surface area (Å²) in [6.07, 6.45) is 8.24.